The van der Waals surface area contributed by atoms with E-state index in [4.69, 9.17) is 4.42 Å². The SMILES string of the molecule is CC1(C)CNCCCN1C(=O)c1ccco1. The van der Waals surface area contributed by atoms with Crippen molar-refractivity contribution in [3.63, 3.8) is 0 Å². The van der Waals surface area contributed by atoms with Crippen molar-refractivity contribution in [2.75, 3.05) is 19.6 Å². The van der Waals surface area contributed by atoms with Crippen molar-refractivity contribution in [3.05, 3.63) is 24.2 Å². The maximum atomic E-state index is 12.2. The fourth-order valence-electron chi connectivity index (χ4n) is 2.06. The molecule has 0 atom stereocenters. The van der Waals surface area contributed by atoms with Gasteiger partial charge in [0, 0.05) is 13.1 Å². The monoisotopic (exact) mass is 222 g/mol. The molecule has 0 bridgehead atoms. The van der Waals surface area contributed by atoms with E-state index in [1.165, 1.54) is 6.26 Å². The molecule has 0 radical (unpaired) electrons. The minimum Gasteiger partial charge on any atom is -0.459 e. The molecule has 0 aromatic carbocycles. The number of hydrogen-bond donors (Lipinski definition) is 1. The lowest BCUT2D eigenvalue weighted by molar-refractivity contribution is 0.0545. The first kappa shape index (κ1) is 11.2. The maximum Gasteiger partial charge on any atom is 0.290 e. The first-order chi connectivity index (χ1) is 7.61. The summed E-state index contributed by atoms with van der Waals surface area (Å²) in [6, 6.07) is 3.47. The van der Waals surface area contributed by atoms with Crippen LogP contribution in [0, 0.1) is 0 Å². The summed E-state index contributed by atoms with van der Waals surface area (Å²) < 4.78 is 5.17. The van der Waals surface area contributed by atoms with E-state index in [2.05, 4.69) is 19.2 Å². The summed E-state index contributed by atoms with van der Waals surface area (Å²) in [6.45, 7) is 6.71. The van der Waals surface area contributed by atoms with Crippen LogP contribution in [-0.4, -0.2) is 36.0 Å². The molecule has 1 aromatic rings. The first-order valence-corrected chi connectivity index (χ1v) is 5.67. The molecule has 1 N–H and O–H groups in total. The quantitative estimate of drug-likeness (QED) is 0.783. The van der Waals surface area contributed by atoms with Crippen molar-refractivity contribution in [1.29, 1.82) is 0 Å². The van der Waals surface area contributed by atoms with Crippen molar-refractivity contribution in [1.82, 2.24) is 10.2 Å². The Morgan fingerprint density at radius 3 is 3.06 bits per heavy atom. The van der Waals surface area contributed by atoms with Gasteiger partial charge in [0.05, 0.1) is 11.8 Å². The summed E-state index contributed by atoms with van der Waals surface area (Å²) in [5, 5.41) is 3.34. The van der Waals surface area contributed by atoms with Gasteiger partial charge in [-0.3, -0.25) is 4.79 Å². The number of furan rings is 1. The van der Waals surface area contributed by atoms with Crippen LogP contribution in [0.5, 0.6) is 0 Å². The van der Waals surface area contributed by atoms with Crippen molar-refractivity contribution >= 4 is 5.91 Å². The number of carbonyl (C=O) groups excluding carboxylic acids is 1. The molecule has 0 aliphatic carbocycles. The van der Waals surface area contributed by atoms with E-state index < -0.39 is 0 Å². The second-order valence-corrected chi connectivity index (χ2v) is 4.78. The van der Waals surface area contributed by atoms with Crippen LogP contribution in [0.15, 0.2) is 22.8 Å². The highest BCUT2D eigenvalue weighted by Gasteiger charge is 2.33. The van der Waals surface area contributed by atoms with Crippen molar-refractivity contribution in [2.24, 2.45) is 0 Å². The second-order valence-electron chi connectivity index (χ2n) is 4.78. The number of rotatable bonds is 1. The molecular formula is C12H18N2O2. The molecule has 16 heavy (non-hydrogen) atoms. The smallest absolute Gasteiger partial charge is 0.290 e. The van der Waals surface area contributed by atoms with E-state index in [1.54, 1.807) is 12.1 Å². The maximum absolute atomic E-state index is 12.2. The van der Waals surface area contributed by atoms with Gasteiger partial charge in [0.1, 0.15) is 0 Å². The van der Waals surface area contributed by atoms with Gasteiger partial charge in [0.25, 0.3) is 5.91 Å². The minimum absolute atomic E-state index is 0.0151. The summed E-state index contributed by atoms with van der Waals surface area (Å²) in [6.07, 6.45) is 2.52. The fraction of sp³-hybridized carbons (Fsp3) is 0.583. The van der Waals surface area contributed by atoms with Crippen LogP contribution < -0.4 is 5.32 Å². The molecule has 4 nitrogen and oxygen atoms in total. The van der Waals surface area contributed by atoms with Crippen LogP contribution in [0.3, 0.4) is 0 Å². The number of nitrogens with zero attached hydrogens (tertiary/aromatic N) is 1. The largest absolute Gasteiger partial charge is 0.459 e. The highest BCUT2D eigenvalue weighted by atomic mass is 16.3. The Labute approximate surface area is 95.6 Å². The molecule has 1 aromatic heterocycles. The van der Waals surface area contributed by atoms with E-state index in [9.17, 15) is 4.79 Å². The van der Waals surface area contributed by atoms with Gasteiger partial charge in [-0.15, -0.1) is 0 Å². The predicted octanol–water partition coefficient (Wildman–Crippen LogP) is 1.49. The standard InChI is InChI=1S/C12H18N2O2/c1-12(2)9-13-6-4-7-14(12)11(15)10-5-3-8-16-10/h3,5,8,13H,4,6-7,9H2,1-2H3. The van der Waals surface area contributed by atoms with E-state index in [0.717, 1.165) is 26.1 Å². The third-order valence-corrected chi connectivity index (χ3v) is 3.00. The highest BCUT2D eigenvalue weighted by Crippen LogP contribution is 2.19. The molecule has 0 unspecified atom stereocenters. The number of amides is 1. The predicted molar refractivity (Wildman–Crippen MR) is 61.3 cm³/mol. The molecule has 4 heteroatoms. The lowest BCUT2D eigenvalue weighted by atomic mass is 10.0. The molecule has 1 fully saturated rings. The van der Waals surface area contributed by atoms with E-state index in [1.807, 2.05) is 4.90 Å². The lowest BCUT2D eigenvalue weighted by Crippen LogP contribution is -2.51. The Kier molecular flexibility index (Phi) is 3.01. The van der Waals surface area contributed by atoms with Crippen LogP contribution in [0.1, 0.15) is 30.8 Å². The van der Waals surface area contributed by atoms with E-state index >= 15 is 0 Å². The van der Waals surface area contributed by atoms with Gasteiger partial charge in [-0.1, -0.05) is 0 Å². The van der Waals surface area contributed by atoms with Crippen LogP contribution >= 0.6 is 0 Å². The summed E-state index contributed by atoms with van der Waals surface area (Å²) in [7, 11) is 0. The van der Waals surface area contributed by atoms with Crippen LogP contribution in [0.4, 0.5) is 0 Å². The van der Waals surface area contributed by atoms with Crippen LogP contribution in [0.25, 0.3) is 0 Å². The third kappa shape index (κ3) is 2.11. The molecule has 1 aliphatic heterocycles. The van der Waals surface area contributed by atoms with Gasteiger partial charge in [-0.2, -0.15) is 0 Å². The minimum atomic E-state index is -0.166. The van der Waals surface area contributed by atoms with Crippen LogP contribution in [-0.2, 0) is 0 Å². The molecule has 88 valence electrons. The van der Waals surface area contributed by atoms with E-state index in [0.29, 0.717) is 5.76 Å². The summed E-state index contributed by atoms with van der Waals surface area (Å²) in [5.41, 5.74) is -0.166. The van der Waals surface area contributed by atoms with Gasteiger partial charge in [0.15, 0.2) is 5.76 Å². The zero-order valence-electron chi connectivity index (χ0n) is 9.82. The molecular weight excluding hydrogens is 204 g/mol. The zero-order chi connectivity index (χ0) is 11.6. The molecule has 2 heterocycles. The first-order valence-electron chi connectivity index (χ1n) is 5.67. The number of nitrogens with one attached hydrogen (secondary N) is 1. The van der Waals surface area contributed by atoms with Crippen molar-refractivity contribution in [3.8, 4) is 0 Å². The van der Waals surface area contributed by atoms with Crippen molar-refractivity contribution < 1.29 is 9.21 Å². The number of hydrogen-bond acceptors (Lipinski definition) is 3. The molecule has 0 saturated carbocycles. The summed E-state index contributed by atoms with van der Waals surface area (Å²) in [5.74, 6) is 0.411. The molecule has 1 saturated heterocycles. The van der Waals surface area contributed by atoms with Gasteiger partial charge in [-0.25, -0.2) is 0 Å². The highest BCUT2D eigenvalue weighted by molar-refractivity contribution is 5.92. The second kappa shape index (κ2) is 4.29. The van der Waals surface area contributed by atoms with Crippen LogP contribution in [0.2, 0.25) is 0 Å². The average molecular weight is 222 g/mol. The summed E-state index contributed by atoms with van der Waals surface area (Å²) >= 11 is 0. The average Bonchev–Trinajstić information content (AvgIpc) is 2.69. The summed E-state index contributed by atoms with van der Waals surface area (Å²) in [4.78, 5) is 14.1. The number of carbonyl (C=O) groups is 1. The third-order valence-electron chi connectivity index (χ3n) is 3.00. The van der Waals surface area contributed by atoms with Gasteiger partial charge >= 0.3 is 0 Å². The fourth-order valence-corrected chi connectivity index (χ4v) is 2.06. The molecule has 1 amide bonds. The van der Waals surface area contributed by atoms with Gasteiger partial charge in [-0.05, 0) is 38.9 Å². The lowest BCUT2D eigenvalue weighted by Gasteiger charge is -2.36. The zero-order valence-corrected chi connectivity index (χ0v) is 9.82. The Morgan fingerprint density at radius 1 is 1.56 bits per heavy atom. The Hall–Kier alpha value is -1.29. The topological polar surface area (TPSA) is 45.5 Å². The molecule has 1 aliphatic rings. The Bertz CT molecular complexity index is 357. The van der Waals surface area contributed by atoms with Gasteiger partial charge < -0.3 is 14.6 Å². The Morgan fingerprint density at radius 2 is 2.38 bits per heavy atom. The van der Waals surface area contributed by atoms with Gasteiger partial charge in [0.2, 0.25) is 0 Å². The molecule has 0 spiro atoms. The normalized spacial score (nSPS) is 20.5. The molecule has 2 rings (SSSR count). The van der Waals surface area contributed by atoms with E-state index in [-0.39, 0.29) is 11.4 Å². The Balaban J connectivity index is 2.20. The van der Waals surface area contributed by atoms with Crippen molar-refractivity contribution in [2.45, 2.75) is 25.8 Å².